The summed E-state index contributed by atoms with van der Waals surface area (Å²) in [4.78, 5) is 0. The maximum atomic E-state index is 12.5. The van der Waals surface area contributed by atoms with Crippen LogP contribution in [0.4, 0.5) is 8.78 Å². The Bertz CT molecular complexity index is 151. The first kappa shape index (κ1) is 7.47. The molecule has 1 N–H and O–H groups in total. The van der Waals surface area contributed by atoms with Crippen LogP contribution >= 0.6 is 0 Å². The summed E-state index contributed by atoms with van der Waals surface area (Å²) in [6.07, 6.45) is 3.35. The van der Waals surface area contributed by atoms with E-state index in [2.05, 4.69) is 5.32 Å². The molecule has 0 aromatic carbocycles. The van der Waals surface area contributed by atoms with Gasteiger partial charge >= 0.3 is 0 Å². The van der Waals surface area contributed by atoms with Crippen molar-refractivity contribution >= 4 is 0 Å². The van der Waals surface area contributed by atoms with Crippen LogP contribution in [0, 0.1) is 0 Å². The highest BCUT2D eigenvalue weighted by molar-refractivity contribution is 5.06. The van der Waals surface area contributed by atoms with Crippen molar-refractivity contribution in [3.63, 3.8) is 0 Å². The van der Waals surface area contributed by atoms with Crippen LogP contribution in [0.3, 0.4) is 0 Å². The van der Waals surface area contributed by atoms with Gasteiger partial charge in [0, 0.05) is 18.4 Å². The lowest BCUT2D eigenvalue weighted by Crippen LogP contribution is -2.62. The van der Waals surface area contributed by atoms with Gasteiger partial charge < -0.3 is 5.32 Å². The summed E-state index contributed by atoms with van der Waals surface area (Å²) in [5, 5.41) is 3.21. The molecular formula is C8H13F2N. The second kappa shape index (κ2) is 2.16. The minimum absolute atomic E-state index is 0.0694. The zero-order valence-corrected chi connectivity index (χ0v) is 6.50. The number of piperidine rings is 1. The van der Waals surface area contributed by atoms with E-state index < -0.39 is 5.92 Å². The Balaban J connectivity index is 1.94. The van der Waals surface area contributed by atoms with E-state index in [0.717, 1.165) is 25.8 Å². The lowest BCUT2D eigenvalue weighted by molar-refractivity contribution is -0.140. The molecule has 1 spiro atoms. The molecule has 2 aliphatic rings. The van der Waals surface area contributed by atoms with Gasteiger partial charge in [-0.2, -0.15) is 0 Å². The third kappa shape index (κ3) is 1.26. The molecule has 2 fully saturated rings. The molecular weight excluding hydrogens is 148 g/mol. The molecule has 1 saturated heterocycles. The Hall–Kier alpha value is -0.180. The highest BCUT2D eigenvalue weighted by atomic mass is 19.3. The van der Waals surface area contributed by atoms with Gasteiger partial charge in [0.1, 0.15) is 0 Å². The van der Waals surface area contributed by atoms with Crippen LogP contribution < -0.4 is 5.32 Å². The minimum atomic E-state index is -2.37. The first-order valence-corrected chi connectivity index (χ1v) is 4.25. The van der Waals surface area contributed by atoms with Crippen molar-refractivity contribution < 1.29 is 8.78 Å². The summed E-state index contributed by atoms with van der Waals surface area (Å²) < 4.78 is 25.1. The van der Waals surface area contributed by atoms with Gasteiger partial charge in [0.2, 0.25) is 0 Å². The minimum Gasteiger partial charge on any atom is -0.311 e. The van der Waals surface area contributed by atoms with Crippen molar-refractivity contribution in [2.45, 2.75) is 43.6 Å². The smallest absolute Gasteiger partial charge is 0.251 e. The Morgan fingerprint density at radius 1 is 1.09 bits per heavy atom. The van der Waals surface area contributed by atoms with Crippen LogP contribution in [-0.4, -0.2) is 18.0 Å². The van der Waals surface area contributed by atoms with Crippen LogP contribution in [-0.2, 0) is 0 Å². The second-order valence-electron chi connectivity index (χ2n) is 3.87. The number of rotatable bonds is 0. The van der Waals surface area contributed by atoms with Gasteiger partial charge in [0.15, 0.2) is 0 Å². The van der Waals surface area contributed by atoms with Crippen molar-refractivity contribution in [3.8, 4) is 0 Å². The van der Waals surface area contributed by atoms with E-state index in [0.29, 0.717) is 0 Å². The maximum absolute atomic E-state index is 12.5. The van der Waals surface area contributed by atoms with E-state index in [-0.39, 0.29) is 18.4 Å². The van der Waals surface area contributed by atoms with Gasteiger partial charge in [-0.1, -0.05) is 6.42 Å². The third-order valence-corrected chi connectivity index (χ3v) is 2.78. The molecule has 1 heterocycles. The van der Waals surface area contributed by atoms with E-state index in [9.17, 15) is 8.78 Å². The summed E-state index contributed by atoms with van der Waals surface area (Å²) in [7, 11) is 0. The first-order chi connectivity index (χ1) is 5.12. The lowest BCUT2D eigenvalue weighted by atomic mass is 9.69. The predicted octanol–water partition coefficient (Wildman–Crippen LogP) is 1.93. The SMILES string of the molecule is FC1(F)CC2(CCCCN2)C1. The van der Waals surface area contributed by atoms with E-state index in [1.807, 2.05) is 0 Å². The van der Waals surface area contributed by atoms with Crippen molar-refractivity contribution in [2.24, 2.45) is 0 Å². The standard InChI is InChI=1S/C8H13F2N/c9-8(10)5-7(6-8)3-1-2-4-11-7/h11H,1-6H2. The van der Waals surface area contributed by atoms with Gasteiger partial charge in [-0.15, -0.1) is 0 Å². The molecule has 0 radical (unpaired) electrons. The average molecular weight is 161 g/mol. The fourth-order valence-electron chi connectivity index (χ4n) is 2.27. The zero-order chi connectivity index (χ0) is 7.95. The third-order valence-electron chi connectivity index (χ3n) is 2.78. The predicted molar refractivity (Wildman–Crippen MR) is 38.8 cm³/mol. The molecule has 1 saturated carbocycles. The average Bonchev–Trinajstić information content (AvgIpc) is 1.85. The van der Waals surface area contributed by atoms with E-state index in [1.165, 1.54) is 0 Å². The number of hydrogen-bond donors (Lipinski definition) is 1. The van der Waals surface area contributed by atoms with Crippen molar-refractivity contribution in [1.29, 1.82) is 0 Å². The van der Waals surface area contributed by atoms with Gasteiger partial charge in [0.05, 0.1) is 0 Å². The largest absolute Gasteiger partial charge is 0.311 e. The van der Waals surface area contributed by atoms with Crippen molar-refractivity contribution in [1.82, 2.24) is 5.32 Å². The first-order valence-electron chi connectivity index (χ1n) is 4.25. The fourth-order valence-corrected chi connectivity index (χ4v) is 2.27. The van der Waals surface area contributed by atoms with Gasteiger partial charge in [-0.3, -0.25) is 0 Å². The Labute approximate surface area is 65.2 Å². The quantitative estimate of drug-likeness (QED) is 0.572. The molecule has 0 atom stereocenters. The van der Waals surface area contributed by atoms with Gasteiger partial charge in [-0.25, -0.2) is 8.78 Å². The number of nitrogens with one attached hydrogen (secondary N) is 1. The summed E-state index contributed by atoms with van der Waals surface area (Å²) in [6, 6.07) is 0. The highest BCUT2D eigenvalue weighted by Gasteiger charge is 2.56. The van der Waals surface area contributed by atoms with E-state index in [4.69, 9.17) is 0 Å². The summed E-state index contributed by atoms with van der Waals surface area (Å²) in [5.41, 5.74) is -0.165. The van der Waals surface area contributed by atoms with Gasteiger partial charge in [-0.05, 0) is 19.4 Å². The normalized spacial score (nSPS) is 33.3. The molecule has 3 heteroatoms. The molecule has 0 unspecified atom stereocenters. The van der Waals surface area contributed by atoms with E-state index in [1.54, 1.807) is 0 Å². The number of halogens is 2. The Morgan fingerprint density at radius 3 is 2.27 bits per heavy atom. The summed E-state index contributed by atoms with van der Waals surface area (Å²) in [5.74, 6) is -2.37. The van der Waals surface area contributed by atoms with E-state index >= 15 is 0 Å². The molecule has 1 nitrogen and oxygen atoms in total. The summed E-state index contributed by atoms with van der Waals surface area (Å²) >= 11 is 0. The molecule has 1 aliphatic carbocycles. The molecule has 1 aliphatic heterocycles. The molecule has 2 rings (SSSR count). The van der Waals surface area contributed by atoms with Crippen molar-refractivity contribution in [2.75, 3.05) is 6.54 Å². The zero-order valence-electron chi connectivity index (χ0n) is 6.50. The Kier molecular flexibility index (Phi) is 1.46. The molecule has 0 aromatic heterocycles. The molecule has 64 valence electrons. The van der Waals surface area contributed by atoms with Crippen LogP contribution in [0.2, 0.25) is 0 Å². The number of alkyl halides is 2. The molecule has 0 amide bonds. The topological polar surface area (TPSA) is 12.0 Å². The second-order valence-corrected chi connectivity index (χ2v) is 3.87. The summed E-state index contributed by atoms with van der Waals surface area (Å²) in [6.45, 7) is 0.927. The fraction of sp³-hybridized carbons (Fsp3) is 1.00. The van der Waals surface area contributed by atoms with Crippen LogP contribution in [0.5, 0.6) is 0 Å². The van der Waals surface area contributed by atoms with Gasteiger partial charge in [0.25, 0.3) is 5.92 Å². The molecule has 11 heavy (non-hydrogen) atoms. The molecule has 0 bridgehead atoms. The van der Waals surface area contributed by atoms with Crippen LogP contribution in [0.1, 0.15) is 32.1 Å². The highest BCUT2D eigenvalue weighted by Crippen LogP contribution is 2.48. The van der Waals surface area contributed by atoms with Crippen LogP contribution in [0.25, 0.3) is 0 Å². The number of hydrogen-bond acceptors (Lipinski definition) is 1. The molecule has 0 aromatic rings. The maximum Gasteiger partial charge on any atom is 0.251 e. The lowest BCUT2D eigenvalue weighted by Gasteiger charge is -2.50. The van der Waals surface area contributed by atoms with Crippen LogP contribution in [0.15, 0.2) is 0 Å². The monoisotopic (exact) mass is 161 g/mol. The Morgan fingerprint density at radius 2 is 1.82 bits per heavy atom. The van der Waals surface area contributed by atoms with Crippen molar-refractivity contribution in [3.05, 3.63) is 0 Å².